The van der Waals surface area contributed by atoms with E-state index in [0.29, 0.717) is 10.0 Å². The van der Waals surface area contributed by atoms with Crippen molar-refractivity contribution >= 4 is 23.2 Å². The zero-order chi connectivity index (χ0) is 13.7. The van der Waals surface area contributed by atoms with Gasteiger partial charge in [0, 0.05) is 29.1 Å². The summed E-state index contributed by atoms with van der Waals surface area (Å²) in [6, 6.07) is 5.83. The van der Waals surface area contributed by atoms with E-state index >= 15 is 0 Å². The van der Waals surface area contributed by atoms with Gasteiger partial charge in [0.15, 0.2) is 0 Å². The highest BCUT2D eigenvalue weighted by Gasteiger charge is 2.12. The first-order chi connectivity index (χ1) is 9.20. The van der Waals surface area contributed by atoms with Gasteiger partial charge in [0.25, 0.3) is 0 Å². The van der Waals surface area contributed by atoms with E-state index < -0.39 is 0 Å². The van der Waals surface area contributed by atoms with Crippen LogP contribution >= 0.6 is 23.2 Å². The highest BCUT2D eigenvalue weighted by molar-refractivity contribution is 6.35. The number of aromatic amines is 1. The topological polar surface area (TPSA) is 53.6 Å². The summed E-state index contributed by atoms with van der Waals surface area (Å²) >= 11 is 12.1. The fourth-order valence-corrected chi connectivity index (χ4v) is 2.51. The summed E-state index contributed by atoms with van der Waals surface area (Å²) in [4.78, 5) is 4.09. The molecule has 0 aliphatic rings. The van der Waals surface area contributed by atoms with E-state index in [4.69, 9.17) is 23.2 Å². The van der Waals surface area contributed by atoms with E-state index in [1.807, 2.05) is 12.1 Å². The van der Waals surface area contributed by atoms with Gasteiger partial charge in [-0.3, -0.25) is 5.10 Å². The van der Waals surface area contributed by atoms with Crippen LogP contribution in [0.3, 0.4) is 0 Å². The van der Waals surface area contributed by atoms with E-state index in [0.717, 1.165) is 30.8 Å². The Morgan fingerprint density at radius 2 is 2.21 bits per heavy atom. The van der Waals surface area contributed by atoms with Crippen LogP contribution in [0.2, 0.25) is 10.0 Å². The minimum atomic E-state index is 0.215. The molecule has 0 aliphatic heterocycles. The number of hydrogen-bond donors (Lipinski definition) is 2. The van der Waals surface area contributed by atoms with Gasteiger partial charge in [-0.05, 0) is 24.1 Å². The number of aromatic nitrogens is 3. The first-order valence-corrected chi connectivity index (χ1v) is 6.99. The fraction of sp³-hybridized carbons (Fsp3) is 0.385. The molecule has 1 atom stereocenters. The minimum Gasteiger partial charge on any atom is -0.309 e. The Balaban J connectivity index is 1.95. The quantitative estimate of drug-likeness (QED) is 0.859. The second kappa shape index (κ2) is 6.89. The van der Waals surface area contributed by atoms with Crippen molar-refractivity contribution in [2.24, 2.45) is 0 Å². The van der Waals surface area contributed by atoms with Crippen LogP contribution in [0.4, 0.5) is 0 Å². The lowest BCUT2D eigenvalue weighted by atomic mass is 10.0. The van der Waals surface area contributed by atoms with Gasteiger partial charge in [-0.1, -0.05) is 36.2 Å². The number of nitrogens with one attached hydrogen (secondary N) is 2. The summed E-state index contributed by atoms with van der Waals surface area (Å²) in [6.07, 6.45) is 3.28. The maximum absolute atomic E-state index is 6.23. The van der Waals surface area contributed by atoms with Crippen molar-refractivity contribution in [1.29, 1.82) is 0 Å². The van der Waals surface area contributed by atoms with E-state index in [2.05, 4.69) is 27.4 Å². The van der Waals surface area contributed by atoms with Gasteiger partial charge in [0.1, 0.15) is 12.2 Å². The Bertz CT molecular complexity index is 513. The predicted molar refractivity (Wildman–Crippen MR) is 77.6 cm³/mol. The van der Waals surface area contributed by atoms with E-state index in [1.165, 1.54) is 6.33 Å². The van der Waals surface area contributed by atoms with E-state index in [-0.39, 0.29) is 6.04 Å². The molecule has 0 aliphatic carbocycles. The smallest absolute Gasteiger partial charge is 0.137 e. The Labute approximate surface area is 122 Å². The molecule has 0 spiro atoms. The molecule has 0 radical (unpaired) electrons. The fourth-order valence-electron chi connectivity index (χ4n) is 1.97. The van der Waals surface area contributed by atoms with Crippen LogP contribution < -0.4 is 5.32 Å². The average Bonchev–Trinajstić information content (AvgIpc) is 2.89. The first-order valence-electron chi connectivity index (χ1n) is 6.23. The third-order valence-corrected chi connectivity index (χ3v) is 3.53. The molecule has 2 rings (SSSR count). The zero-order valence-electron chi connectivity index (χ0n) is 10.7. The largest absolute Gasteiger partial charge is 0.309 e. The molecule has 102 valence electrons. The summed E-state index contributed by atoms with van der Waals surface area (Å²) in [7, 11) is 0. The normalized spacial score (nSPS) is 12.6. The van der Waals surface area contributed by atoms with E-state index in [9.17, 15) is 0 Å². The monoisotopic (exact) mass is 298 g/mol. The molecule has 0 amide bonds. The highest BCUT2D eigenvalue weighted by atomic mass is 35.5. The lowest BCUT2D eigenvalue weighted by Gasteiger charge is -2.18. The third-order valence-electron chi connectivity index (χ3n) is 2.96. The standard InChI is InChI=1S/C13H16Cl2N4/c1-2-12(10-4-3-9(14)7-11(10)15)16-6-5-13-17-8-18-19-13/h3-4,7-8,12,16H,2,5-6H2,1H3,(H,17,18,19). The number of H-pyrrole nitrogens is 1. The molecule has 1 aromatic carbocycles. The lowest BCUT2D eigenvalue weighted by molar-refractivity contribution is 0.519. The third kappa shape index (κ3) is 3.93. The molecule has 0 saturated carbocycles. The molecular formula is C13H16Cl2N4. The molecule has 19 heavy (non-hydrogen) atoms. The van der Waals surface area contributed by atoms with Gasteiger partial charge in [-0.25, -0.2) is 4.98 Å². The summed E-state index contributed by atoms with van der Waals surface area (Å²) in [5, 5.41) is 11.5. The van der Waals surface area contributed by atoms with Crippen LogP contribution in [0.25, 0.3) is 0 Å². The van der Waals surface area contributed by atoms with Gasteiger partial charge in [0.05, 0.1) is 0 Å². The zero-order valence-corrected chi connectivity index (χ0v) is 12.2. The molecular weight excluding hydrogens is 283 g/mol. The molecule has 1 aromatic heterocycles. The number of rotatable bonds is 6. The molecule has 2 aromatic rings. The maximum Gasteiger partial charge on any atom is 0.137 e. The second-order valence-corrected chi connectivity index (χ2v) is 5.11. The molecule has 2 N–H and O–H groups in total. The number of nitrogens with zero attached hydrogens (tertiary/aromatic N) is 2. The van der Waals surface area contributed by atoms with Crippen molar-refractivity contribution in [2.75, 3.05) is 6.54 Å². The van der Waals surface area contributed by atoms with Crippen molar-refractivity contribution in [1.82, 2.24) is 20.5 Å². The lowest BCUT2D eigenvalue weighted by Crippen LogP contribution is -2.23. The molecule has 0 saturated heterocycles. The summed E-state index contributed by atoms with van der Waals surface area (Å²) in [5.74, 6) is 0.879. The Morgan fingerprint density at radius 3 is 2.84 bits per heavy atom. The van der Waals surface area contributed by atoms with Crippen LogP contribution in [0, 0.1) is 0 Å². The number of halogens is 2. The summed E-state index contributed by atoms with van der Waals surface area (Å²) in [6.45, 7) is 2.93. The highest BCUT2D eigenvalue weighted by Crippen LogP contribution is 2.27. The van der Waals surface area contributed by atoms with Crippen molar-refractivity contribution in [3.63, 3.8) is 0 Å². The molecule has 1 heterocycles. The van der Waals surface area contributed by atoms with Gasteiger partial charge < -0.3 is 5.32 Å². The molecule has 4 nitrogen and oxygen atoms in total. The van der Waals surface area contributed by atoms with E-state index in [1.54, 1.807) is 6.07 Å². The van der Waals surface area contributed by atoms with Crippen molar-refractivity contribution < 1.29 is 0 Å². The van der Waals surface area contributed by atoms with Gasteiger partial charge >= 0.3 is 0 Å². The van der Waals surface area contributed by atoms with Crippen molar-refractivity contribution in [3.05, 3.63) is 46.0 Å². The Hall–Kier alpha value is -1.10. The second-order valence-electron chi connectivity index (χ2n) is 4.26. The van der Waals surface area contributed by atoms with Crippen LogP contribution in [0.15, 0.2) is 24.5 Å². The SMILES string of the molecule is CCC(NCCc1ncn[nH]1)c1ccc(Cl)cc1Cl. The van der Waals surface area contributed by atoms with Gasteiger partial charge in [-0.2, -0.15) is 5.10 Å². The van der Waals surface area contributed by atoms with Gasteiger partial charge in [0.2, 0.25) is 0 Å². The predicted octanol–water partition coefficient (Wildman–Crippen LogP) is 3.39. The summed E-state index contributed by atoms with van der Waals surface area (Å²) < 4.78 is 0. The van der Waals surface area contributed by atoms with Crippen LogP contribution in [-0.2, 0) is 6.42 Å². The van der Waals surface area contributed by atoms with Gasteiger partial charge in [-0.15, -0.1) is 0 Å². The Morgan fingerprint density at radius 1 is 1.37 bits per heavy atom. The maximum atomic E-state index is 6.23. The number of benzene rings is 1. The molecule has 1 unspecified atom stereocenters. The van der Waals surface area contributed by atoms with Crippen molar-refractivity contribution in [3.8, 4) is 0 Å². The van der Waals surface area contributed by atoms with Crippen LogP contribution in [-0.4, -0.2) is 21.7 Å². The summed E-state index contributed by atoms with van der Waals surface area (Å²) in [5.41, 5.74) is 1.08. The first kappa shape index (κ1) is 14.3. The molecule has 6 heteroatoms. The van der Waals surface area contributed by atoms with Crippen molar-refractivity contribution in [2.45, 2.75) is 25.8 Å². The molecule has 0 bridgehead atoms. The number of hydrogen-bond acceptors (Lipinski definition) is 3. The van der Waals surface area contributed by atoms with Crippen LogP contribution in [0.1, 0.15) is 30.8 Å². The molecule has 0 fully saturated rings. The van der Waals surface area contributed by atoms with Crippen LogP contribution in [0.5, 0.6) is 0 Å². The Kier molecular flexibility index (Phi) is 5.19. The average molecular weight is 299 g/mol. The minimum absolute atomic E-state index is 0.215.